The Morgan fingerprint density at radius 1 is 1.32 bits per heavy atom. The van der Waals surface area contributed by atoms with E-state index in [0.29, 0.717) is 19.0 Å². The van der Waals surface area contributed by atoms with Gasteiger partial charge in [-0.3, -0.25) is 19.5 Å². The molecule has 6 nitrogen and oxygen atoms in total. The molecule has 1 N–H and O–H groups in total. The zero-order valence-corrected chi connectivity index (χ0v) is 14.4. The third kappa shape index (κ3) is 4.58. The second-order valence-electron chi connectivity index (χ2n) is 6.67. The van der Waals surface area contributed by atoms with E-state index in [9.17, 15) is 9.59 Å². The summed E-state index contributed by atoms with van der Waals surface area (Å²) in [6.07, 6.45) is 10.6. The highest BCUT2D eigenvalue weighted by molar-refractivity contribution is 5.83. The Balaban J connectivity index is 1.48. The van der Waals surface area contributed by atoms with Gasteiger partial charge in [0.25, 0.3) is 0 Å². The number of nitrogens with one attached hydrogen (secondary N) is 1. The molecule has 0 radical (unpaired) electrons. The van der Waals surface area contributed by atoms with E-state index >= 15 is 0 Å². The summed E-state index contributed by atoms with van der Waals surface area (Å²) in [6, 6.07) is 3.97. The van der Waals surface area contributed by atoms with Crippen LogP contribution in [0.3, 0.4) is 0 Å². The first-order valence-electron chi connectivity index (χ1n) is 8.80. The fourth-order valence-electron chi connectivity index (χ4n) is 3.42. The first kappa shape index (κ1) is 17.4. The highest BCUT2D eigenvalue weighted by Crippen LogP contribution is 2.48. The number of terminal acetylenes is 1. The average molecular weight is 340 g/mol. The molecule has 1 aromatic heterocycles. The third-order valence-electron chi connectivity index (χ3n) is 4.88. The topological polar surface area (TPSA) is 65.5 Å². The van der Waals surface area contributed by atoms with Gasteiger partial charge in [-0.25, -0.2) is 0 Å². The monoisotopic (exact) mass is 340 g/mol. The minimum Gasteiger partial charge on any atom is -0.344 e. The van der Waals surface area contributed by atoms with Crippen LogP contribution >= 0.6 is 0 Å². The number of hydrogen-bond acceptors (Lipinski definition) is 4. The SMILES string of the molecule is C#CCNC(=O)CN1CCCN(C(=O)[C@@H]2C[C@@H]2c2cccnc2)CC1. The van der Waals surface area contributed by atoms with Crippen molar-refractivity contribution in [2.45, 2.75) is 18.8 Å². The summed E-state index contributed by atoms with van der Waals surface area (Å²) in [5.74, 6) is 2.99. The van der Waals surface area contributed by atoms with Crippen molar-refractivity contribution >= 4 is 11.8 Å². The maximum Gasteiger partial charge on any atom is 0.234 e. The minimum absolute atomic E-state index is 0.0587. The van der Waals surface area contributed by atoms with E-state index in [-0.39, 0.29) is 24.3 Å². The predicted molar refractivity (Wildman–Crippen MR) is 94.6 cm³/mol. The Kier molecular flexibility index (Phi) is 5.67. The molecule has 0 spiro atoms. The van der Waals surface area contributed by atoms with E-state index in [4.69, 9.17) is 6.42 Å². The maximum atomic E-state index is 12.8. The van der Waals surface area contributed by atoms with Gasteiger partial charge in [0, 0.05) is 44.5 Å². The number of amides is 2. The van der Waals surface area contributed by atoms with Gasteiger partial charge in [-0.1, -0.05) is 12.0 Å². The van der Waals surface area contributed by atoms with Crippen LogP contribution in [0.25, 0.3) is 0 Å². The quantitative estimate of drug-likeness (QED) is 0.792. The van der Waals surface area contributed by atoms with Crippen molar-refractivity contribution in [3.05, 3.63) is 30.1 Å². The van der Waals surface area contributed by atoms with E-state index in [2.05, 4.69) is 21.1 Å². The third-order valence-corrected chi connectivity index (χ3v) is 4.88. The zero-order chi connectivity index (χ0) is 17.6. The molecule has 132 valence electrons. The van der Waals surface area contributed by atoms with Gasteiger partial charge in [0.15, 0.2) is 0 Å². The van der Waals surface area contributed by atoms with Crippen LogP contribution in [0.1, 0.15) is 24.3 Å². The normalized spacial score (nSPS) is 23.4. The lowest BCUT2D eigenvalue weighted by molar-refractivity contribution is -0.132. The Hall–Kier alpha value is -2.39. The van der Waals surface area contributed by atoms with Crippen molar-refractivity contribution in [1.82, 2.24) is 20.1 Å². The molecule has 0 aromatic carbocycles. The average Bonchev–Trinajstić information content (AvgIpc) is 3.44. The summed E-state index contributed by atoms with van der Waals surface area (Å²) in [5, 5.41) is 2.68. The maximum absolute atomic E-state index is 12.8. The summed E-state index contributed by atoms with van der Waals surface area (Å²) in [4.78, 5) is 32.7. The Morgan fingerprint density at radius 3 is 2.96 bits per heavy atom. The van der Waals surface area contributed by atoms with Gasteiger partial charge in [-0.05, 0) is 30.4 Å². The van der Waals surface area contributed by atoms with E-state index in [0.717, 1.165) is 38.0 Å². The molecule has 1 aliphatic heterocycles. The Morgan fingerprint density at radius 2 is 2.20 bits per heavy atom. The van der Waals surface area contributed by atoms with Crippen molar-refractivity contribution in [3.63, 3.8) is 0 Å². The van der Waals surface area contributed by atoms with Crippen LogP contribution in [-0.4, -0.2) is 65.9 Å². The molecule has 1 aliphatic carbocycles. The van der Waals surface area contributed by atoms with Gasteiger partial charge < -0.3 is 10.2 Å². The lowest BCUT2D eigenvalue weighted by Crippen LogP contribution is -2.40. The molecule has 0 unspecified atom stereocenters. The molecule has 25 heavy (non-hydrogen) atoms. The van der Waals surface area contributed by atoms with Crippen LogP contribution in [-0.2, 0) is 9.59 Å². The van der Waals surface area contributed by atoms with E-state index in [1.807, 2.05) is 23.2 Å². The first-order valence-corrected chi connectivity index (χ1v) is 8.80. The predicted octanol–water partition coefficient (Wildman–Crippen LogP) is 0.469. The van der Waals surface area contributed by atoms with Crippen molar-refractivity contribution in [3.8, 4) is 12.3 Å². The second kappa shape index (κ2) is 8.13. The lowest BCUT2D eigenvalue weighted by Gasteiger charge is -2.22. The van der Waals surface area contributed by atoms with Gasteiger partial charge in [-0.15, -0.1) is 6.42 Å². The fraction of sp³-hybridized carbons (Fsp3) is 0.526. The smallest absolute Gasteiger partial charge is 0.234 e. The number of nitrogens with zero attached hydrogens (tertiary/aromatic N) is 3. The number of pyridine rings is 1. The second-order valence-corrected chi connectivity index (χ2v) is 6.67. The van der Waals surface area contributed by atoms with Crippen LogP contribution in [0.5, 0.6) is 0 Å². The highest BCUT2D eigenvalue weighted by atomic mass is 16.2. The van der Waals surface area contributed by atoms with Gasteiger partial charge in [0.05, 0.1) is 13.1 Å². The molecular formula is C19H24N4O2. The zero-order valence-electron chi connectivity index (χ0n) is 14.4. The summed E-state index contributed by atoms with van der Waals surface area (Å²) < 4.78 is 0. The lowest BCUT2D eigenvalue weighted by atomic mass is 10.1. The molecule has 2 amide bonds. The van der Waals surface area contributed by atoms with Gasteiger partial charge in [0.2, 0.25) is 11.8 Å². The molecule has 2 atom stereocenters. The number of carbonyl (C=O) groups excluding carboxylic acids is 2. The fourth-order valence-corrected chi connectivity index (χ4v) is 3.42. The van der Waals surface area contributed by atoms with E-state index in [1.165, 1.54) is 0 Å². The molecule has 6 heteroatoms. The summed E-state index contributed by atoms with van der Waals surface area (Å²) >= 11 is 0. The summed E-state index contributed by atoms with van der Waals surface area (Å²) in [6.45, 7) is 3.58. The number of rotatable bonds is 5. The largest absolute Gasteiger partial charge is 0.344 e. The molecule has 3 rings (SSSR count). The molecule has 2 fully saturated rings. The Labute approximate surface area is 148 Å². The molecule has 0 bridgehead atoms. The van der Waals surface area contributed by atoms with Gasteiger partial charge in [0.1, 0.15) is 0 Å². The van der Waals surface area contributed by atoms with Crippen molar-refractivity contribution in [2.75, 3.05) is 39.3 Å². The van der Waals surface area contributed by atoms with Crippen LogP contribution in [0.15, 0.2) is 24.5 Å². The summed E-state index contributed by atoms with van der Waals surface area (Å²) in [7, 11) is 0. The molecule has 1 saturated heterocycles. The van der Waals surface area contributed by atoms with Crippen molar-refractivity contribution in [2.24, 2.45) is 5.92 Å². The summed E-state index contributed by atoms with van der Waals surface area (Å²) in [5.41, 5.74) is 1.16. The van der Waals surface area contributed by atoms with Crippen molar-refractivity contribution < 1.29 is 9.59 Å². The highest BCUT2D eigenvalue weighted by Gasteiger charge is 2.45. The van der Waals surface area contributed by atoms with Crippen LogP contribution < -0.4 is 5.32 Å². The first-order chi connectivity index (χ1) is 12.2. The molecule has 1 aromatic rings. The molecule has 2 aliphatic rings. The number of hydrogen-bond donors (Lipinski definition) is 1. The molecular weight excluding hydrogens is 316 g/mol. The van der Waals surface area contributed by atoms with Gasteiger partial charge >= 0.3 is 0 Å². The minimum atomic E-state index is -0.0587. The van der Waals surface area contributed by atoms with Crippen molar-refractivity contribution in [1.29, 1.82) is 0 Å². The van der Waals surface area contributed by atoms with Crippen LogP contribution in [0.4, 0.5) is 0 Å². The van der Waals surface area contributed by atoms with E-state index in [1.54, 1.807) is 6.20 Å². The van der Waals surface area contributed by atoms with E-state index < -0.39 is 0 Å². The van der Waals surface area contributed by atoms with Crippen LogP contribution in [0.2, 0.25) is 0 Å². The molecule has 2 heterocycles. The Bertz CT molecular complexity index is 655. The number of aromatic nitrogens is 1. The van der Waals surface area contributed by atoms with Gasteiger partial charge in [-0.2, -0.15) is 0 Å². The number of carbonyl (C=O) groups is 2. The standard InChI is InChI=1S/C19H24N4O2/c1-2-6-21-18(24)14-22-8-4-9-23(11-10-22)19(25)17-12-16(17)15-5-3-7-20-13-15/h1,3,5,7,13,16-17H,4,6,8-12,14H2,(H,21,24)/t16-,17-/m1/s1. The van der Waals surface area contributed by atoms with Crippen LogP contribution in [0, 0.1) is 18.3 Å². The molecule has 1 saturated carbocycles.